The summed E-state index contributed by atoms with van der Waals surface area (Å²) in [7, 11) is 1.75. The minimum Gasteiger partial charge on any atom is -0.490 e. The van der Waals surface area contributed by atoms with Crippen molar-refractivity contribution >= 4 is 41.5 Å². The Morgan fingerprint density at radius 1 is 1.22 bits per heavy atom. The average Bonchev–Trinajstić information content (AvgIpc) is 3.35. The zero-order valence-electron chi connectivity index (χ0n) is 29.9. The molecule has 3 aromatic rings. The van der Waals surface area contributed by atoms with Crippen LogP contribution in [0.3, 0.4) is 0 Å². The van der Waals surface area contributed by atoms with Gasteiger partial charge in [0.05, 0.1) is 42.7 Å². The Morgan fingerprint density at radius 3 is 2.73 bits per heavy atom. The largest absolute Gasteiger partial charge is 0.490 e. The Morgan fingerprint density at radius 2 is 2.02 bits per heavy atom. The maximum absolute atomic E-state index is 13.6. The molecule has 2 aliphatic carbocycles. The van der Waals surface area contributed by atoms with Crippen LogP contribution in [0.1, 0.15) is 83.5 Å². The van der Waals surface area contributed by atoms with E-state index in [0.29, 0.717) is 42.3 Å². The van der Waals surface area contributed by atoms with E-state index in [1.165, 1.54) is 11.1 Å². The molecule has 0 bridgehead atoms. The third kappa shape index (κ3) is 7.73. The van der Waals surface area contributed by atoms with Crippen molar-refractivity contribution in [1.29, 1.82) is 0 Å². The summed E-state index contributed by atoms with van der Waals surface area (Å²) in [5.74, 6) is -0.0726. The lowest BCUT2D eigenvalue weighted by atomic mass is 9.68. The van der Waals surface area contributed by atoms with Crippen molar-refractivity contribution in [3.63, 3.8) is 0 Å². The van der Waals surface area contributed by atoms with E-state index >= 15 is 0 Å². The number of anilines is 1. The number of aliphatic hydroxyl groups is 1. The standard InChI is InChI=1S/C40H47ClN4O6/c1-25-31(22-44(5)43-25)36(48)20-35(47)27-11-15-37-33(19-27)45(23-40(24-50-37)16-6-8-26-18-29(41)12-14-32(26)40)21-28-10-13-30(28)34(46)9-7-17-51-39(2,3)38(49)42-4/h7,9,11-12,14-15,18-19,22,28,30,34,46H,4,6,8,10,13,16-17,20-21,23-24H2,1-3,5H3/b9-7+/t28-,30+,34-,40-/m0/s1. The maximum atomic E-state index is 13.6. The van der Waals surface area contributed by atoms with Gasteiger partial charge in [-0.1, -0.05) is 29.8 Å². The molecule has 11 heteroatoms. The number of aryl methyl sites for hydroxylation is 3. The molecule has 1 fully saturated rings. The monoisotopic (exact) mass is 714 g/mol. The number of aliphatic imine (C=N–C) groups is 1. The highest BCUT2D eigenvalue weighted by Crippen LogP contribution is 2.46. The van der Waals surface area contributed by atoms with Crippen LogP contribution < -0.4 is 9.64 Å². The van der Waals surface area contributed by atoms with E-state index in [2.05, 4.69) is 33.8 Å². The summed E-state index contributed by atoms with van der Waals surface area (Å²) in [6.45, 7) is 10.3. The van der Waals surface area contributed by atoms with E-state index in [4.69, 9.17) is 21.1 Å². The van der Waals surface area contributed by atoms with E-state index < -0.39 is 17.6 Å². The van der Waals surface area contributed by atoms with Gasteiger partial charge in [0.15, 0.2) is 11.6 Å². The number of hydrogen-bond donors (Lipinski definition) is 1. The number of aliphatic hydroxyl groups excluding tert-OH is 1. The second-order valence-electron chi connectivity index (χ2n) is 14.8. The second kappa shape index (κ2) is 14.9. The summed E-state index contributed by atoms with van der Waals surface area (Å²) in [4.78, 5) is 44.5. The highest BCUT2D eigenvalue weighted by atomic mass is 35.5. The van der Waals surface area contributed by atoms with Crippen molar-refractivity contribution in [2.45, 2.75) is 76.4 Å². The van der Waals surface area contributed by atoms with E-state index in [0.717, 1.165) is 42.8 Å². The van der Waals surface area contributed by atoms with Crippen LogP contribution in [0.4, 0.5) is 5.69 Å². The predicted octanol–water partition coefficient (Wildman–Crippen LogP) is 6.28. The first-order valence-corrected chi connectivity index (χ1v) is 18.1. The van der Waals surface area contributed by atoms with Gasteiger partial charge in [0, 0.05) is 42.3 Å². The summed E-state index contributed by atoms with van der Waals surface area (Å²) in [6, 6.07) is 11.6. The van der Waals surface area contributed by atoms with Crippen LogP contribution in [0.25, 0.3) is 0 Å². The van der Waals surface area contributed by atoms with E-state index in [9.17, 15) is 19.5 Å². The smallest absolute Gasteiger partial charge is 0.276 e. The van der Waals surface area contributed by atoms with Gasteiger partial charge < -0.3 is 19.5 Å². The summed E-state index contributed by atoms with van der Waals surface area (Å²) in [5.41, 5.74) is 3.40. The van der Waals surface area contributed by atoms with E-state index in [1.807, 2.05) is 18.2 Å². The SMILES string of the molecule is C=NC(=O)C(C)(C)OC/C=C/[C@H](O)[C@@H]1CC[C@H]1CN1C[C@@]2(CCCc3cc(Cl)ccc32)COc2ccc(C(=O)CC(=O)c3cn(C)nc3C)cc21. The van der Waals surface area contributed by atoms with Gasteiger partial charge >= 0.3 is 0 Å². The van der Waals surface area contributed by atoms with Gasteiger partial charge in [-0.15, -0.1) is 0 Å². The fourth-order valence-corrected chi connectivity index (χ4v) is 8.10. The molecule has 3 aliphatic rings. The van der Waals surface area contributed by atoms with Crippen molar-refractivity contribution in [2.24, 2.45) is 23.9 Å². The number of hydrogen-bond acceptors (Lipinski definition) is 8. The number of rotatable bonds is 12. The Hall–Kier alpha value is -4.12. The number of ketones is 2. The Balaban J connectivity index is 1.25. The number of benzene rings is 2. The molecule has 1 spiro atoms. The van der Waals surface area contributed by atoms with Crippen LogP contribution in [-0.2, 0) is 28.4 Å². The Bertz CT molecular complexity index is 1870. The van der Waals surface area contributed by atoms with Crippen LogP contribution in [0, 0.1) is 18.8 Å². The van der Waals surface area contributed by atoms with Crippen LogP contribution in [0.15, 0.2) is 59.7 Å². The van der Waals surface area contributed by atoms with Crippen molar-refractivity contribution in [2.75, 3.05) is 31.2 Å². The Labute approximate surface area is 304 Å². The normalized spacial score (nSPS) is 22.0. The predicted molar refractivity (Wildman–Crippen MR) is 197 cm³/mol. The summed E-state index contributed by atoms with van der Waals surface area (Å²) in [6.07, 6.45) is 8.93. The van der Waals surface area contributed by atoms with Crippen molar-refractivity contribution in [1.82, 2.24) is 9.78 Å². The molecule has 10 nitrogen and oxygen atoms in total. The summed E-state index contributed by atoms with van der Waals surface area (Å²) < 4.78 is 13.9. The molecule has 1 aliphatic heterocycles. The van der Waals surface area contributed by atoms with Crippen LogP contribution >= 0.6 is 11.6 Å². The molecule has 1 N–H and O–H groups in total. The second-order valence-corrected chi connectivity index (χ2v) is 15.3. The van der Waals surface area contributed by atoms with Gasteiger partial charge in [0.2, 0.25) is 0 Å². The van der Waals surface area contributed by atoms with Gasteiger partial charge in [0.25, 0.3) is 5.91 Å². The van der Waals surface area contributed by atoms with Gasteiger partial charge in [-0.2, -0.15) is 5.10 Å². The van der Waals surface area contributed by atoms with Crippen LogP contribution in [-0.4, -0.2) is 77.1 Å². The summed E-state index contributed by atoms with van der Waals surface area (Å²) in [5, 5.41) is 16.2. The highest BCUT2D eigenvalue weighted by molar-refractivity contribution is 6.30. The fourth-order valence-electron chi connectivity index (χ4n) is 7.90. The lowest BCUT2D eigenvalue weighted by Crippen LogP contribution is -2.49. The number of amides is 1. The number of fused-ring (bicyclic) bond motifs is 3. The summed E-state index contributed by atoms with van der Waals surface area (Å²) >= 11 is 6.44. The lowest BCUT2D eigenvalue weighted by molar-refractivity contribution is -0.137. The third-order valence-electron chi connectivity index (χ3n) is 10.9. The fraction of sp³-hybridized carbons (Fsp3) is 0.475. The minimum absolute atomic E-state index is 0.0249. The van der Waals surface area contributed by atoms with Crippen molar-refractivity contribution < 1.29 is 29.0 Å². The van der Waals surface area contributed by atoms with Gasteiger partial charge in [-0.3, -0.25) is 19.1 Å². The molecule has 0 unspecified atom stereocenters. The number of ether oxygens (including phenoxy) is 2. The van der Waals surface area contributed by atoms with Gasteiger partial charge in [0.1, 0.15) is 11.4 Å². The number of carbonyl (C=O) groups is 3. The Kier molecular flexibility index (Phi) is 10.7. The molecule has 1 saturated carbocycles. The van der Waals surface area contributed by atoms with Crippen molar-refractivity contribution in [3.05, 3.63) is 87.7 Å². The lowest BCUT2D eigenvalue weighted by Gasteiger charge is -2.45. The average molecular weight is 715 g/mol. The number of nitrogens with zero attached hydrogens (tertiary/aromatic N) is 4. The molecule has 270 valence electrons. The topological polar surface area (TPSA) is 123 Å². The first kappa shape index (κ1) is 36.7. The van der Waals surface area contributed by atoms with Gasteiger partial charge in [-0.25, -0.2) is 4.99 Å². The zero-order valence-corrected chi connectivity index (χ0v) is 30.6. The molecule has 0 radical (unpaired) electrons. The van der Waals surface area contributed by atoms with E-state index in [1.54, 1.807) is 56.9 Å². The first-order valence-electron chi connectivity index (χ1n) is 17.7. The molecule has 6 rings (SSSR count). The molecule has 1 aromatic heterocycles. The molecular weight excluding hydrogens is 668 g/mol. The zero-order chi connectivity index (χ0) is 36.5. The first-order chi connectivity index (χ1) is 24.3. The van der Waals surface area contributed by atoms with E-state index in [-0.39, 0.29) is 41.8 Å². The molecule has 51 heavy (non-hydrogen) atoms. The van der Waals surface area contributed by atoms with Gasteiger partial charge in [-0.05, 0) is 113 Å². The highest BCUT2D eigenvalue weighted by Gasteiger charge is 2.44. The third-order valence-corrected chi connectivity index (χ3v) is 11.1. The van der Waals surface area contributed by atoms with Crippen LogP contribution in [0.5, 0.6) is 5.75 Å². The number of aromatic nitrogens is 2. The number of halogens is 1. The number of Topliss-reactive ketones (excluding diaryl/α,β-unsaturated/α-hetero) is 2. The molecular formula is C40H47ClN4O6. The molecule has 1 amide bonds. The molecule has 2 heterocycles. The van der Waals surface area contributed by atoms with Crippen LogP contribution in [0.2, 0.25) is 5.02 Å². The maximum Gasteiger partial charge on any atom is 0.276 e. The quantitative estimate of drug-likeness (QED) is 0.101. The molecule has 4 atom stereocenters. The number of carbonyl (C=O) groups excluding carboxylic acids is 3. The minimum atomic E-state index is -1.09. The van der Waals surface area contributed by atoms with Crippen molar-refractivity contribution in [3.8, 4) is 5.75 Å². The molecule has 2 aromatic carbocycles. The molecule has 0 saturated heterocycles.